The summed E-state index contributed by atoms with van der Waals surface area (Å²) in [6.07, 6.45) is 0. The zero-order valence-corrected chi connectivity index (χ0v) is 14.4. The molecule has 0 radical (unpaired) electrons. The maximum Gasteiger partial charge on any atom is 0.362 e. The Morgan fingerprint density at radius 1 is 1.04 bits per heavy atom. The molecule has 0 saturated heterocycles. The van der Waals surface area contributed by atoms with Gasteiger partial charge in [-0.25, -0.2) is 9.59 Å². The van der Waals surface area contributed by atoms with E-state index in [1.54, 1.807) is 49.4 Å². The maximum atomic E-state index is 12.2. The van der Waals surface area contributed by atoms with Crippen LogP contribution in [-0.4, -0.2) is 30.8 Å². The van der Waals surface area contributed by atoms with E-state index in [1.165, 1.54) is 19.2 Å². The molecule has 0 atom stereocenters. The summed E-state index contributed by atoms with van der Waals surface area (Å²) in [6.45, 7) is 1.75. The highest BCUT2D eigenvalue weighted by molar-refractivity contribution is 5.96. The summed E-state index contributed by atoms with van der Waals surface area (Å²) >= 11 is 0. The number of carbonyl (C=O) groups excluding carboxylic acids is 2. The first-order valence-corrected chi connectivity index (χ1v) is 7.83. The Labute approximate surface area is 150 Å². The number of hydrogen-bond acceptors (Lipinski definition) is 7. The number of benzene rings is 2. The van der Waals surface area contributed by atoms with Gasteiger partial charge in [-0.15, -0.1) is 10.2 Å². The van der Waals surface area contributed by atoms with Crippen molar-refractivity contribution in [2.75, 3.05) is 13.7 Å². The van der Waals surface area contributed by atoms with Gasteiger partial charge in [0.2, 0.25) is 5.70 Å². The number of aliphatic hydroxyl groups is 1. The van der Waals surface area contributed by atoms with Crippen molar-refractivity contribution >= 4 is 23.4 Å². The zero-order chi connectivity index (χ0) is 18.9. The molecule has 0 aliphatic carbocycles. The van der Waals surface area contributed by atoms with E-state index in [9.17, 15) is 14.7 Å². The van der Waals surface area contributed by atoms with Crippen molar-refractivity contribution < 1.29 is 24.2 Å². The van der Waals surface area contributed by atoms with Gasteiger partial charge in [0.05, 0.1) is 19.3 Å². The largest absolute Gasteiger partial charge is 0.505 e. The molecule has 2 aromatic carbocycles. The third kappa shape index (κ3) is 4.54. The summed E-state index contributed by atoms with van der Waals surface area (Å²) in [5.74, 6) is -1.79. The minimum Gasteiger partial charge on any atom is -0.505 e. The average Bonchev–Trinajstić information content (AvgIpc) is 2.68. The molecule has 2 rings (SSSR count). The minimum atomic E-state index is -0.826. The lowest BCUT2D eigenvalue weighted by atomic mass is 10.1. The van der Waals surface area contributed by atoms with Crippen molar-refractivity contribution in [3.05, 3.63) is 71.4 Å². The molecule has 0 fully saturated rings. The van der Waals surface area contributed by atoms with Crippen LogP contribution in [0.3, 0.4) is 0 Å². The molecule has 0 bridgehead atoms. The number of rotatable bonds is 6. The molecular formula is C19H18N2O5. The zero-order valence-electron chi connectivity index (χ0n) is 14.4. The summed E-state index contributed by atoms with van der Waals surface area (Å²) in [5.41, 5.74) is 0.400. The summed E-state index contributed by atoms with van der Waals surface area (Å²) in [5, 5.41) is 18.2. The fourth-order valence-corrected chi connectivity index (χ4v) is 2.06. The van der Waals surface area contributed by atoms with Crippen molar-refractivity contribution in [2.24, 2.45) is 10.2 Å². The van der Waals surface area contributed by atoms with Crippen molar-refractivity contribution in [3.63, 3.8) is 0 Å². The van der Waals surface area contributed by atoms with E-state index in [2.05, 4.69) is 10.2 Å². The molecule has 26 heavy (non-hydrogen) atoms. The molecule has 0 unspecified atom stereocenters. The third-order valence-corrected chi connectivity index (χ3v) is 3.31. The molecule has 0 aliphatic rings. The monoisotopic (exact) mass is 354 g/mol. The highest BCUT2D eigenvalue weighted by Gasteiger charge is 2.19. The topological polar surface area (TPSA) is 97.6 Å². The summed E-state index contributed by atoms with van der Waals surface area (Å²) in [7, 11) is 1.25. The second-order valence-corrected chi connectivity index (χ2v) is 4.99. The third-order valence-electron chi connectivity index (χ3n) is 3.31. The van der Waals surface area contributed by atoms with E-state index in [4.69, 9.17) is 9.47 Å². The number of methoxy groups -OCH3 is 1. The standard InChI is InChI=1S/C19H18N2O5/c1-3-26-19(24)16(17(22)13-9-5-4-6-10-13)21-20-15-12-8-7-11-14(15)18(23)25-2/h4-12,22H,3H2,1-2H3/b17-16-,21-20?. The Morgan fingerprint density at radius 3 is 2.35 bits per heavy atom. The predicted molar refractivity (Wildman–Crippen MR) is 94.9 cm³/mol. The Balaban J connectivity index is 2.48. The van der Waals surface area contributed by atoms with Crippen LogP contribution in [0.1, 0.15) is 22.8 Å². The molecule has 2 aromatic rings. The van der Waals surface area contributed by atoms with E-state index in [0.29, 0.717) is 5.56 Å². The molecule has 0 aliphatic heterocycles. The van der Waals surface area contributed by atoms with Crippen LogP contribution in [0, 0.1) is 0 Å². The fraction of sp³-hybridized carbons (Fsp3) is 0.158. The number of ether oxygens (including phenoxy) is 2. The highest BCUT2D eigenvalue weighted by atomic mass is 16.5. The molecule has 1 N–H and O–H groups in total. The smallest absolute Gasteiger partial charge is 0.362 e. The van der Waals surface area contributed by atoms with Gasteiger partial charge in [-0.2, -0.15) is 0 Å². The quantitative estimate of drug-likeness (QED) is 0.365. The second-order valence-electron chi connectivity index (χ2n) is 4.99. The van der Waals surface area contributed by atoms with Crippen LogP contribution in [0.5, 0.6) is 0 Å². The van der Waals surface area contributed by atoms with Gasteiger partial charge in [0.15, 0.2) is 5.76 Å². The SMILES string of the molecule is CCOC(=O)/C(N=Nc1ccccc1C(=O)OC)=C(/O)c1ccccc1. The Morgan fingerprint density at radius 2 is 1.69 bits per heavy atom. The number of azo groups is 1. The van der Waals surface area contributed by atoms with E-state index >= 15 is 0 Å². The molecule has 7 heteroatoms. The van der Waals surface area contributed by atoms with Crippen LogP contribution >= 0.6 is 0 Å². The van der Waals surface area contributed by atoms with Gasteiger partial charge in [-0.3, -0.25) is 0 Å². The summed E-state index contributed by atoms with van der Waals surface area (Å²) in [4.78, 5) is 24.0. The minimum absolute atomic E-state index is 0.110. The molecule has 0 spiro atoms. The van der Waals surface area contributed by atoms with Crippen LogP contribution in [0.25, 0.3) is 5.76 Å². The lowest BCUT2D eigenvalue weighted by molar-refractivity contribution is -0.138. The maximum absolute atomic E-state index is 12.2. The van der Waals surface area contributed by atoms with Crippen molar-refractivity contribution in [3.8, 4) is 0 Å². The Kier molecular flexibility index (Phi) is 6.61. The van der Waals surface area contributed by atoms with Crippen LogP contribution in [0.4, 0.5) is 5.69 Å². The van der Waals surface area contributed by atoms with Gasteiger partial charge < -0.3 is 14.6 Å². The van der Waals surface area contributed by atoms with Crippen LogP contribution in [0.15, 0.2) is 70.5 Å². The van der Waals surface area contributed by atoms with Gasteiger partial charge >= 0.3 is 11.9 Å². The van der Waals surface area contributed by atoms with Crippen LogP contribution < -0.4 is 0 Å². The van der Waals surface area contributed by atoms with Gasteiger partial charge in [-0.1, -0.05) is 42.5 Å². The predicted octanol–water partition coefficient (Wildman–Crippen LogP) is 4.05. The van der Waals surface area contributed by atoms with Crippen molar-refractivity contribution in [1.29, 1.82) is 0 Å². The molecule has 7 nitrogen and oxygen atoms in total. The molecule has 0 saturated carbocycles. The Hall–Kier alpha value is -3.48. The van der Waals surface area contributed by atoms with Crippen molar-refractivity contribution in [2.45, 2.75) is 6.92 Å². The lowest BCUT2D eigenvalue weighted by Crippen LogP contribution is -2.08. The first kappa shape index (κ1) is 18.9. The number of aliphatic hydroxyl groups excluding tert-OH is 1. The number of carbonyl (C=O) groups is 2. The second kappa shape index (κ2) is 9.12. The summed E-state index contributed by atoms with van der Waals surface area (Å²) < 4.78 is 9.62. The van der Waals surface area contributed by atoms with Crippen LogP contribution in [0.2, 0.25) is 0 Å². The number of esters is 2. The first-order chi connectivity index (χ1) is 12.6. The first-order valence-electron chi connectivity index (χ1n) is 7.83. The van der Waals surface area contributed by atoms with Gasteiger partial charge in [0.1, 0.15) is 5.69 Å². The number of nitrogens with zero attached hydrogens (tertiary/aromatic N) is 2. The van der Waals surface area contributed by atoms with E-state index < -0.39 is 11.9 Å². The molecular weight excluding hydrogens is 336 g/mol. The average molecular weight is 354 g/mol. The van der Waals surface area contributed by atoms with Gasteiger partial charge in [0.25, 0.3) is 0 Å². The summed E-state index contributed by atoms with van der Waals surface area (Å²) in [6, 6.07) is 14.8. The number of hydrogen-bond donors (Lipinski definition) is 1. The molecule has 0 amide bonds. The Bertz CT molecular complexity index is 844. The molecule has 0 aromatic heterocycles. The molecule has 0 heterocycles. The van der Waals surface area contributed by atoms with E-state index in [-0.39, 0.29) is 29.3 Å². The van der Waals surface area contributed by atoms with Gasteiger partial charge in [0, 0.05) is 5.56 Å². The van der Waals surface area contributed by atoms with Crippen molar-refractivity contribution in [1.82, 2.24) is 0 Å². The van der Waals surface area contributed by atoms with E-state index in [0.717, 1.165) is 0 Å². The fourth-order valence-electron chi connectivity index (χ4n) is 2.06. The highest BCUT2D eigenvalue weighted by Crippen LogP contribution is 2.24. The molecule has 134 valence electrons. The van der Waals surface area contributed by atoms with Crippen LogP contribution in [-0.2, 0) is 14.3 Å². The van der Waals surface area contributed by atoms with Gasteiger partial charge in [-0.05, 0) is 19.1 Å². The normalized spacial score (nSPS) is 11.8. The van der Waals surface area contributed by atoms with E-state index in [1.807, 2.05) is 0 Å². The lowest BCUT2D eigenvalue weighted by Gasteiger charge is -2.06.